The number of hydrogen-bond donors (Lipinski definition) is 1. The molecule has 0 aromatic heterocycles. The van der Waals surface area contributed by atoms with Crippen LogP contribution in [-0.4, -0.2) is 47.5 Å². The monoisotopic (exact) mass is 307 g/mol. The number of aliphatic hydroxyl groups is 1. The van der Waals surface area contributed by atoms with E-state index in [-0.39, 0.29) is 13.0 Å². The summed E-state index contributed by atoms with van der Waals surface area (Å²) >= 11 is 0. The van der Waals surface area contributed by atoms with Crippen LogP contribution in [0.3, 0.4) is 0 Å². The molecule has 0 radical (unpaired) electrons. The Morgan fingerprint density at radius 3 is 1.95 bits per heavy atom. The smallest absolute Gasteiger partial charge is 0.396 e. The van der Waals surface area contributed by atoms with E-state index >= 15 is 0 Å². The van der Waals surface area contributed by atoms with Gasteiger partial charge in [0.25, 0.3) is 0 Å². The normalized spacial score (nSPS) is 17.2. The van der Waals surface area contributed by atoms with Crippen LogP contribution in [-0.2, 0) is 4.79 Å². The first-order valence-electron chi connectivity index (χ1n) is 6.13. The van der Waals surface area contributed by atoms with Crippen molar-refractivity contribution in [2.24, 2.45) is 5.92 Å². The van der Waals surface area contributed by atoms with Crippen LogP contribution in [0.2, 0.25) is 0 Å². The van der Waals surface area contributed by atoms with E-state index in [0.29, 0.717) is 24.2 Å². The number of alkyl halides is 6. The fourth-order valence-electron chi connectivity index (χ4n) is 2.04. The van der Waals surface area contributed by atoms with E-state index in [9.17, 15) is 31.1 Å². The zero-order valence-electron chi connectivity index (χ0n) is 10.5. The van der Waals surface area contributed by atoms with Crippen molar-refractivity contribution in [2.75, 3.05) is 13.2 Å². The SMILES string of the molecule is O=C(C(C(F)(F)F)C(F)(F)F)N(CCCO)C1CCC1. The Morgan fingerprint density at radius 1 is 1.15 bits per heavy atom. The van der Waals surface area contributed by atoms with Crippen LogP contribution in [0.1, 0.15) is 25.7 Å². The molecule has 1 rings (SSSR count). The van der Waals surface area contributed by atoms with Crippen LogP contribution in [0.25, 0.3) is 0 Å². The van der Waals surface area contributed by atoms with Gasteiger partial charge in [-0.2, -0.15) is 26.3 Å². The topological polar surface area (TPSA) is 40.5 Å². The minimum Gasteiger partial charge on any atom is -0.396 e. The number of hydrogen-bond acceptors (Lipinski definition) is 2. The van der Waals surface area contributed by atoms with E-state index < -0.39 is 36.8 Å². The average Bonchev–Trinajstić information content (AvgIpc) is 2.16. The molecule has 0 heterocycles. The molecule has 1 aliphatic carbocycles. The van der Waals surface area contributed by atoms with Crippen molar-refractivity contribution >= 4 is 5.91 Å². The Morgan fingerprint density at radius 2 is 1.65 bits per heavy atom. The third-order valence-electron chi connectivity index (χ3n) is 3.26. The standard InChI is InChI=1S/C11H15F6NO2/c12-10(13,14)8(11(15,16)17)9(20)18(5-2-6-19)7-3-1-4-7/h7-8,19H,1-6H2. The first-order chi connectivity index (χ1) is 9.09. The molecular formula is C11H15F6NO2. The van der Waals surface area contributed by atoms with Gasteiger partial charge in [0.1, 0.15) is 0 Å². The Kier molecular flexibility index (Phi) is 5.28. The van der Waals surface area contributed by atoms with Crippen molar-refractivity contribution < 1.29 is 36.2 Å². The second kappa shape index (κ2) is 6.19. The van der Waals surface area contributed by atoms with Gasteiger partial charge in [-0.3, -0.25) is 4.79 Å². The number of rotatable bonds is 5. The van der Waals surface area contributed by atoms with Gasteiger partial charge < -0.3 is 10.0 Å². The molecular weight excluding hydrogens is 292 g/mol. The van der Waals surface area contributed by atoms with E-state index in [2.05, 4.69) is 0 Å². The largest absolute Gasteiger partial charge is 0.409 e. The molecule has 0 aromatic carbocycles. The lowest BCUT2D eigenvalue weighted by Gasteiger charge is -2.39. The molecule has 0 aromatic rings. The fraction of sp³-hybridized carbons (Fsp3) is 0.909. The van der Waals surface area contributed by atoms with Crippen LogP contribution < -0.4 is 0 Å². The lowest BCUT2D eigenvalue weighted by atomic mass is 9.90. The summed E-state index contributed by atoms with van der Waals surface area (Å²) in [5.74, 6) is -5.96. The molecule has 1 fully saturated rings. The summed E-state index contributed by atoms with van der Waals surface area (Å²) in [6, 6.07) is -0.596. The molecule has 1 amide bonds. The molecule has 1 aliphatic rings. The highest BCUT2D eigenvalue weighted by Gasteiger charge is 2.62. The summed E-state index contributed by atoms with van der Waals surface area (Å²) in [5, 5.41) is 8.65. The van der Waals surface area contributed by atoms with Crippen molar-refractivity contribution in [3.63, 3.8) is 0 Å². The Balaban J connectivity index is 2.94. The van der Waals surface area contributed by atoms with Gasteiger partial charge in [-0.25, -0.2) is 0 Å². The number of nitrogens with zero attached hydrogens (tertiary/aromatic N) is 1. The van der Waals surface area contributed by atoms with Crippen molar-refractivity contribution in [1.29, 1.82) is 0 Å². The van der Waals surface area contributed by atoms with Crippen LogP contribution in [0.5, 0.6) is 0 Å². The average molecular weight is 307 g/mol. The maximum absolute atomic E-state index is 12.5. The van der Waals surface area contributed by atoms with Crippen molar-refractivity contribution in [3.8, 4) is 0 Å². The molecule has 1 N–H and O–H groups in total. The molecule has 1 saturated carbocycles. The first kappa shape index (κ1) is 17.1. The summed E-state index contributed by atoms with van der Waals surface area (Å²) in [5.41, 5.74) is 0. The van der Waals surface area contributed by atoms with Crippen molar-refractivity contribution in [3.05, 3.63) is 0 Å². The third kappa shape index (κ3) is 4.00. The molecule has 3 nitrogen and oxygen atoms in total. The second-order valence-corrected chi connectivity index (χ2v) is 4.71. The minimum atomic E-state index is -5.67. The van der Waals surface area contributed by atoms with Gasteiger partial charge in [0.05, 0.1) is 0 Å². The van der Waals surface area contributed by atoms with Crippen LogP contribution in [0, 0.1) is 5.92 Å². The van der Waals surface area contributed by atoms with E-state index in [4.69, 9.17) is 5.11 Å². The maximum atomic E-state index is 12.5. The van der Waals surface area contributed by atoms with E-state index in [1.54, 1.807) is 0 Å². The Hall–Kier alpha value is -0.990. The van der Waals surface area contributed by atoms with E-state index in [0.717, 1.165) is 0 Å². The fourth-order valence-corrected chi connectivity index (χ4v) is 2.04. The molecule has 0 aliphatic heterocycles. The zero-order chi connectivity index (χ0) is 15.6. The number of carbonyl (C=O) groups excluding carboxylic acids is 1. The summed E-state index contributed by atoms with van der Waals surface area (Å²) in [6.07, 6.45) is -9.95. The van der Waals surface area contributed by atoms with Gasteiger partial charge in [0, 0.05) is 19.2 Å². The summed E-state index contributed by atoms with van der Waals surface area (Å²) in [4.78, 5) is 12.3. The number of aliphatic hydroxyl groups excluding tert-OH is 1. The molecule has 0 saturated heterocycles. The predicted molar refractivity (Wildman–Crippen MR) is 56.7 cm³/mol. The van der Waals surface area contributed by atoms with Gasteiger partial charge in [0.2, 0.25) is 11.8 Å². The molecule has 20 heavy (non-hydrogen) atoms. The van der Waals surface area contributed by atoms with Gasteiger partial charge in [-0.15, -0.1) is 0 Å². The Labute approximate surface area is 111 Å². The second-order valence-electron chi connectivity index (χ2n) is 4.71. The van der Waals surface area contributed by atoms with E-state index in [1.165, 1.54) is 0 Å². The molecule has 9 heteroatoms. The lowest BCUT2D eigenvalue weighted by molar-refractivity contribution is -0.278. The van der Waals surface area contributed by atoms with Crippen LogP contribution in [0.4, 0.5) is 26.3 Å². The highest BCUT2D eigenvalue weighted by molar-refractivity contribution is 5.81. The lowest BCUT2D eigenvalue weighted by Crippen LogP contribution is -2.54. The molecule has 0 unspecified atom stereocenters. The van der Waals surface area contributed by atoms with Crippen molar-refractivity contribution in [2.45, 2.75) is 44.1 Å². The third-order valence-corrected chi connectivity index (χ3v) is 3.26. The summed E-state index contributed by atoms with van der Waals surface area (Å²) in [7, 11) is 0. The highest BCUT2D eigenvalue weighted by Crippen LogP contribution is 2.41. The summed E-state index contributed by atoms with van der Waals surface area (Å²) in [6.45, 7) is -0.706. The maximum Gasteiger partial charge on any atom is 0.409 e. The first-order valence-corrected chi connectivity index (χ1v) is 6.13. The molecule has 0 bridgehead atoms. The number of halogens is 6. The van der Waals surface area contributed by atoms with Gasteiger partial charge in [0.15, 0.2) is 0 Å². The molecule has 118 valence electrons. The Bertz CT molecular complexity index is 323. The quantitative estimate of drug-likeness (QED) is 0.793. The molecule has 0 spiro atoms. The van der Waals surface area contributed by atoms with Gasteiger partial charge in [-0.1, -0.05) is 0 Å². The molecule has 0 atom stereocenters. The number of amides is 1. The zero-order valence-corrected chi connectivity index (χ0v) is 10.5. The summed E-state index contributed by atoms with van der Waals surface area (Å²) < 4.78 is 75.1. The predicted octanol–water partition coefficient (Wildman–Crippen LogP) is 2.49. The van der Waals surface area contributed by atoms with Crippen LogP contribution >= 0.6 is 0 Å². The van der Waals surface area contributed by atoms with Crippen LogP contribution in [0.15, 0.2) is 0 Å². The van der Waals surface area contributed by atoms with Gasteiger partial charge >= 0.3 is 12.4 Å². The van der Waals surface area contributed by atoms with Gasteiger partial charge in [-0.05, 0) is 25.7 Å². The minimum absolute atomic E-state index is 0.0509. The van der Waals surface area contributed by atoms with Crippen molar-refractivity contribution in [1.82, 2.24) is 4.90 Å². The number of carbonyl (C=O) groups is 1. The van der Waals surface area contributed by atoms with E-state index in [1.807, 2.05) is 0 Å². The highest BCUT2D eigenvalue weighted by atomic mass is 19.4.